The van der Waals surface area contributed by atoms with E-state index in [-0.39, 0.29) is 4.47 Å². The first kappa shape index (κ1) is 12.7. The second-order valence-corrected chi connectivity index (χ2v) is 5.51. The first-order valence-electron chi connectivity index (χ1n) is 4.88. The topological polar surface area (TPSA) is 20.2 Å². The maximum absolute atomic E-state index is 13.4. The summed E-state index contributed by atoms with van der Waals surface area (Å²) >= 11 is 4.47. The van der Waals surface area contributed by atoms with Crippen molar-refractivity contribution in [3.05, 3.63) is 55.7 Å². The van der Waals surface area contributed by atoms with Crippen molar-refractivity contribution >= 4 is 27.3 Å². The predicted molar refractivity (Wildman–Crippen MR) is 67.2 cm³/mol. The molecule has 1 aromatic carbocycles. The quantitative estimate of drug-likeness (QED) is 0.824. The zero-order valence-corrected chi connectivity index (χ0v) is 11.3. The molecule has 0 spiro atoms. The number of rotatable bonds is 2. The molecule has 2 aromatic rings. The molecule has 0 radical (unpaired) electrons. The fraction of sp³-hybridized carbons (Fsp3) is 0.167. The molecular weight excluding hydrogens is 310 g/mol. The summed E-state index contributed by atoms with van der Waals surface area (Å²) in [5.74, 6) is -1.91. The Hall–Kier alpha value is -0.780. The van der Waals surface area contributed by atoms with E-state index in [2.05, 4.69) is 15.9 Å². The Morgan fingerprint density at radius 1 is 1.24 bits per heavy atom. The lowest BCUT2D eigenvalue weighted by atomic mass is 10.0. The summed E-state index contributed by atoms with van der Waals surface area (Å²) < 4.78 is 26.3. The largest absolute Gasteiger partial charge is 0.384 e. The minimum atomic E-state index is -0.977. The van der Waals surface area contributed by atoms with E-state index in [4.69, 9.17) is 0 Å². The van der Waals surface area contributed by atoms with Gasteiger partial charge in [-0.1, -0.05) is 6.07 Å². The maximum Gasteiger partial charge on any atom is 0.173 e. The van der Waals surface area contributed by atoms with Crippen molar-refractivity contribution in [2.45, 2.75) is 13.0 Å². The van der Waals surface area contributed by atoms with Crippen LogP contribution in [0.2, 0.25) is 0 Å². The van der Waals surface area contributed by atoms with Gasteiger partial charge in [-0.25, -0.2) is 8.78 Å². The van der Waals surface area contributed by atoms with Crippen LogP contribution in [0.1, 0.15) is 22.1 Å². The maximum atomic E-state index is 13.4. The Balaban J connectivity index is 2.48. The third kappa shape index (κ3) is 2.27. The number of thiophene rings is 1. The number of halogens is 3. The fourth-order valence-electron chi connectivity index (χ4n) is 1.60. The molecular formula is C12H9BrF2OS. The van der Waals surface area contributed by atoms with E-state index >= 15 is 0 Å². The van der Waals surface area contributed by atoms with Crippen LogP contribution < -0.4 is 0 Å². The van der Waals surface area contributed by atoms with Crippen molar-refractivity contribution in [2.24, 2.45) is 0 Å². The zero-order valence-electron chi connectivity index (χ0n) is 8.88. The van der Waals surface area contributed by atoms with Gasteiger partial charge in [0.1, 0.15) is 6.10 Å². The highest BCUT2D eigenvalue weighted by atomic mass is 79.9. The van der Waals surface area contributed by atoms with Crippen molar-refractivity contribution in [1.82, 2.24) is 0 Å². The minimum Gasteiger partial charge on any atom is -0.384 e. The molecule has 0 aliphatic rings. The second-order valence-electron chi connectivity index (χ2n) is 3.60. The molecule has 0 fully saturated rings. The Bertz CT molecular complexity index is 553. The average molecular weight is 319 g/mol. The number of hydrogen-bond donors (Lipinski definition) is 1. The molecule has 1 nitrogen and oxygen atoms in total. The van der Waals surface area contributed by atoms with Crippen molar-refractivity contribution in [3.63, 3.8) is 0 Å². The van der Waals surface area contributed by atoms with Gasteiger partial charge in [0.15, 0.2) is 11.6 Å². The van der Waals surface area contributed by atoms with Gasteiger partial charge in [0.25, 0.3) is 0 Å². The van der Waals surface area contributed by atoms with Gasteiger partial charge in [-0.05, 0) is 45.9 Å². The summed E-state index contributed by atoms with van der Waals surface area (Å²) in [5.41, 5.74) is 1.03. The Morgan fingerprint density at radius 2 is 1.94 bits per heavy atom. The summed E-state index contributed by atoms with van der Waals surface area (Å²) in [7, 11) is 0. The lowest BCUT2D eigenvalue weighted by molar-refractivity contribution is 0.218. The van der Waals surface area contributed by atoms with E-state index in [1.807, 2.05) is 12.3 Å². The van der Waals surface area contributed by atoms with Crippen molar-refractivity contribution in [3.8, 4) is 0 Å². The summed E-state index contributed by atoms with van der Waals surface area (Å²) in [6, 6.07) is 4.17. The summed E-state index contributed by atoms with van der Waals surface area (Å²) in [4.78, 5) is 0.953. The van der Waals surface area contributed by atoms with Crippen LogP contribution in [0, 0.1) is 18.6 Å². The number of aliphatic hydroxyl groups excluding tert-OH is 1. The van der Waals surface area contributed by atoms with Crippen molar-refractivity contribution in [1.29, 1.82) is 0 Å². The van der Waals surface area contributed by atoms with Gasteiger partial charge in [0.2, 0.25) is 0 Å². The Kier molecular flexibility index (Phi) is 3.61. The van der Waals surface area contributed by atoms with Crippen LogP contribution in [0.4, 0.5) is 8.78 Å². The van der Waals surface area contributed by atoms with Crippen LogP contribution in [0.3, 0.4) is 0 Å². The molecule has 1 heterocycles. The molecule has 2 rings (SSSR count). The second kappa shape index (κ2) is 4.84. The molecule has 0 aliphatic carbocycles. The van der Waals surface area contributed by atoms with Gasteiger partial charge in [0, 0.05) is 10.4 Å². The average Bonchev–Trinajstić information content (AvgIpc) is 2.72. The van der Waals surface area contributed by atoms with Gasteiger partial charge < -0.3 is 5.11 Å². The highest BCUT2D eigenvalue weighted by Gasteiger charge is 2.20. The van der Waals surface area contributed by atoms with Crippen LogP contribution in [-0.2, 0) is 0 Å². The van der Waals surface area contributed by atoms with E-state index in [9.17, 15) is 13.9 Å². The molecule has 0 amide bonds. The van der Waals surface area contributed by atoms with E-state index < -0.39 is 17.7 Å². The fourth-order valence-corrected chi connectivity index (χ4v) is 2.87. The number of hydrogen-bond acceptors (Lipinski definition) is 2. The van der Waals surface area contributed by atoms with Crippen molar-refractivity contribution < 1.29 is 13.9 Å². The van der Waals surface area contributed by atoms with Crippen LogP contribution in [0.5, 0.6) is 0 Å². The number of benzene rings is 1. The van der Waals surface area contributed by atoms with Crippen LogP contribution in [0.25, 0.3) is 0 Å². The van der Waals surface area contributed by atoms with Crippen LogP contribution in [0.15, 0.2) is 28.1 Å². The number of aryl methyl sites for hydroxylation is 1. The Labute approximate surface area is 110 Å². The highest BCUT2D eigenvalue weighted by molar-refractivity contribution is 9.10. The first-order valence-corrected chi connectivity index (χ1v) is 6.55. The van der Waals surface area contributed by atoms with Gasteiger partial charge in [-0.15, -0.1) is 11.3 Å². The molecule has 0 aliphatic heterocycles. The van der Waals surface area contributed by atoms with Gasteiger partial charge in [-0.2, -0.15) is 0 Å². The van der Waals surface area contributed by atoms with Crippen LogP contribution >= 0.6 is 27.3 Å². The van der Waals surface area contributed by atoms with E-state index in [0.717, 1.165) is 10.9 Å². The van der Waals surface area contributed by atoms with Crippen molar-refractivity contribution in [2.75, 3.05) is 0 Å². The minimum absolute atomic E-state index is 0.0319. The molecule has 0 saturated heterocycles. The molecule has 1 N–H and O–H groups in total. The molecule has 5 heteroatoms. The molecule has 17 heavy (non-hydrogen) atoms. The lowest BCUT2D eigenvalue weighted by Gasteiger charge is -2.13. The third-order valence-corrected chi connectivity index (χ3v) is 4.22. The monoisotopic (exact) mass is 318 g/mol. The van der Waals surface area contributed by atoms with E-state index in [1.165, 1.54) is 17.4 Å². The van der Waals surface area contributed by atoms with Gasteiger partial charge in [0.05, 0.1) is 4.47 Å². The van der Waals surface area contributed by atoms with Gasteiger partial charge in [-0.3, -0.25) is 0 Å². The molecule has 0 bridgehead atoms. The molecule has 1 atom stereocenters. The SMILES string of the molecule is Cc1sccc1C(O)c1ccc(F)c(F)c1Br. The molecule has 90 valence electrons. The molecule has 1 unspecified atom stereocenters. The van der Waals surface area contributed by atoms with Gasteiger partial charge >= 0.3 is 0 Å². The highest BCUT2D eigenvalue weighted by Crippen LogP contribution is 2.34. The normalized spacial score (nSPS) is 12.8. The Morgan fingerprint density at radius 3 is 2.53 bits per heavy atom. The summed E-state index contributed by atoms with van der Waals surface area (Å²) in [5, 5.41) is 12.0. The predicted octanol–water partition coefficient (Wildman–Crippen LogP) is 4.18. The van der Waals surface area contributed by atoms with E-state index in [0.29, 0.717) is 11.1 Å². The van der Waals surface area contributed by atoms with Crippen LogP contribution in [-0.4, -0.2) is 5.11 Å². The molecule has 1 aromatic heterocycles. The molecule has 0 saturated carbocycles. The lowest BCUT2D eigenvalue weighted by Crippen LogP contribution is -2.03. The smallest absolute Gasteiger partial charge is 0.173 e. The number of aliphatic hydroxyl groups is 1. The standard InChI is InChI=1S/C12H9BrF2OS/c1-6-7(4-5-17-6)12(16)8-2-3-9(14)11(15)10(8)13/h2-5,12,16H,1H3. The van der Waals surface area contributed by atoms with E-state index in [1.54, 1.807) is 6.07 Å². The zero-order chi connectivity index (χ0) is 12.6. The first-order chi connectivity index (χ1) is 8.02. The summed E-state index contributed by atoms with van der Waals surface area (Å²) in [6.45, 7) is 1.87. The third-order valence-electron chi connectivity index (χ3n) is 2.55. The summed E-state index contributed by atoms with van der Waals surface area (Å²) in [6.07, 6.45) is -0.953.